The van der Waals surface area contributed by atoms with Crippen molar-refractivity contribution in [3.8, 4) is 0 Å². The quantitative estimate of drug-likeness (QED) is 0.639. The van der Waals surface area contributed by atoms with E-state index in [1.54, 1.807) is 0 Å². The van der Waals surface area contributed by atoms with E-state index in [9.17, 15) is 0 Å². The summed E-state index contributed by atoms with van der Waals surface area (Å²) >= 11 is 0.680. The van der Waals surface area contributed by atoms with Gasteiger partial charge < -0.3 is 0 Å². The molecule has 0 radical (unpaired) electrons. The molecular weight excluding hydrogens is 211 g/mol. The zero-order valence-electron chi connectivity index (χ0n) is 6.73. The van der Waals surface area contributed by atoms with Crippen LogP contribution in [0.2, 0.25) is 5.32 Å². The fourth-order valence-electron chi connectivity index (χ4n) is 1.23. The first-order valence-electron chi connectivity index (χ1n) is 3.99. The maximum atomic E-state index is 2.28. The Kier molecular flexibility index (Phi) is 2.45. The van der Waals surface area contributed by atoms with Crippen LogP contribution in [-0.2, 0) is 0 Å². The third-order valence-corrected chi connectivity index (χ3v) is 3.59. The average Bonchev–Trinajstić information content (AvgIpc) is 2.21. The van der Waals surface area contributed by atoms with Crippen LogP contribution in [0.4, 0.5) is 0 Å². The molecule has 0 unspecified atom stereocenters. The van der Waals surface area contributed by atoms with E-state index in [-0.39, 0.29) is 0 Å². The van der Waals surface area contributed by atoms with Crippen molar-refractivity contribution in [3.63, 3.8) is 0 Å². The standard InChI is InChI=1S/C11H10Se/c1-2-5-10(6-3-1)11-7-4-8-12-9-11/h1-8H,9H2. The van der Waals surface area contributed by atoms with Crippen LogP contribution in [0.1, 0.15) is 5.56 Å². The van der Waals surface area contributed by atoms with Crippen LogP contribution in [-0.4, -0.2) is 15.0 Å². The Hall–Kier alpha value is -0.781. The second kappa shape index (κ2) is 3.75. The molecule has 0 fully saturated rings. The molecule has 60 valence electrons. The second-order valence-corrected chi connectivity index (χ2v) is 4.57. The van der Waals surface area contributed by atoms with Gasteiger partial charge in [0.2, 0.25) is 0 Å². The van der Waals surface area contributed by atoms with Crippen LogP contribution in [0.25, 0.3) is 5.57 Å². The molecule has 0 amide bonds. The molecule has 0 aromatic heterocycles. The second-order valence-electron chi connectivity index (χ2n) is 2.70. The first-order valence-corrected chi connectivity index (χ1v) is 6.19. The van der Waals surface area contributed by atoms with Crippen molar-refractivity contribution in [2.24, 2.45) is 0 Å². The predicted octanol–water partition coefficient (Wildman–Crippen LogP) is 2.72. The molecule has 0 N–H and O–H groups in total. The van der Waals surface area contributed by atoms with Gasteiger partial charge in [-0.2, -0.15) is 0 Å². The molecule has 1 aromatic rings. The van der Waals surface area contributed by atoms with E-state index in [1.807, 2.05) is 0 Å². The first kappa shape index (κ1) is 7.85. The summed E-state index contributed by atoms with van der Waals surface area (Å²) < 4.78 is 0. The van der Waals surface area contributed by atoms with Gasteiger partial charge in [-0.25, -0.2) is 0 Å². The van der Waals surface area contributed by atoms with Crippen molar-refractivity contribution < 1.29 is 0 Å². The van der Waals surface area contributed by atoms with E-state index < -0.39 is 0 Å². The van der Waals surface area contributed by atoms with Crippen molar-refractivity contribution in [2.45, 2.75) is 5.32 Å². The number of allylic oxidation sites excluding steroid dienone is 3. The summed E-state index contributed by atoms with van der Waals surface area (Å²) in [5.41, 5.74) is 2.86. The topological polar surface area (TPSA) is 0 Å². The number of hydrogen-bond acceptors (Lipinski definition) is 0. The Morgan fingerprint density at radius 3 is 2.58 bits per heavy atom. The van der Waals surface area contributed by atoms with Gasteiger partial charge in [0, 0.05) is 0 Å². The Bertz CT molecular complexity index is 309. The van der Waals surface area contributed by atoms with E-state index >= 15 is 0 Å². The van der Waals surface area contributed by atoms with Gasteiger partial charge in [0.25, 0.3) is 0 Å². The van der Waals surface area contributed by atoms with E-state index in [0.717, 1.165) is 0 Å². The third kappa shape index (κ3) is 1.69. The van der Waals surface area contributed by atoms with Gasteiger partial charge in [0.15, 0.2) is 0 Å². The Labute approximate surface area is 79.2 Å². The Morgan fingerprint density at radius 2 is 1.92 bits per heavy atom. The SMILES string of the molecule is C1=C[Se]CC(c2ccccc2)=C1. The maximum absolute atomic E-state index is 2.28. The van der Waals surface area contributed by atoms with Crippen LogP contribution in [0.5, 0.6) is 0 Å². The third-order valence-electron chi connectivity index (χ3n) is 1.86. The molecule has 0 atom stereocenters. The molecular formula is C11H10Se. The summed E-state index contributed by atoms with van der Waals surface area (Å²) in [6, 6.07) is 10.6. The zero-order chi connectivity index (χ0) is 8.23. The molecule has 12 heavy (non-hydrogen) atoms. The van der Waals surface area contributed by atoms with Crippen LogP contribution in [0.3, 0.4) is 0 Å². The minimum atomic E-state index is 0.680. The van der Waals surface area contributed by atoms with Crippen molar-refractivity contribution in [2.75, 3.05) is 0 Å². The van der Waals surface area contributed by atoms with Gasteiger partial charge in [-0.05, 0) is 0 Å². The Morgan fingerprint density at radius 1 is 1.08 bits per heavy atom. The minimum absolute atomic E-state index is 0.680. The van der Waals surface area contributed by atoms with Gasteiger partial charge in [0.05, 0.1) is 0 Å². The van der Waals surface area contributed by atoms with Crippen molar-refractivity contribution in [3.05, 3.63) is 53.0 Å². The van der Waals surface area contributed by atoms with Crippen LogP contribution < -0.4 is 0 Å². The molecule has 0 saturated heterocycles. The summed E-state index contributed by atoms with van der Waals surface area (Å²) in [5, 5.41) is 1.24. The van der Waals surface area contributed by atoms with Crippen LogP contribution in [0, 0.1) is 0 Å². The molecule has 1 heteroatoms. The van der Waals surface area contributed by atoms with Crippen LogP contribution in [0.15, 0.2) is 47.5 Å². The molecule has 1 aliphatic heterocycles. The predicted molar refractivity (Wildman–Crippen MR) is 54.1 cm³/mol. The zero-order valence-corrected chi connectivity index (χ0v) is 8.45. The summed E-state index contributed by atoms with van der Waals surface area (Å²) in [6.45, 7) is 0. The molecule has 0 bridgehead atoms. The fourth-order valence-corrected chi connectivity index (χ4v) is 2.76. The number of rotatable bonds is 1. The molecule has 1 heterocycles. The van der Waals surface area contributed by atoms with Crippen LogP contribution >= 0.6 is 0 Å². The molecule has 1 aliphatic rings. The monoisotopic (exact) mass is 222 g/mol. The Balaban J connectivity index is 2.31. The molecule has 0 nitrogen and oxygen atoms in total. The summed E-state index contributed by atoms with van der Waals surface area (Å²) in [6.07, 6.45) is 4.40. The molecule has 1 aromatic carbocycles. The van der Waals surface area contributed by atoms with E-state index in [4.69, 9.17) is 0 Å². The van der Waals surface area contributed by atoms with Gasteiger partial charge in [0.1, 0.15) is 0 Å². The van der Waals surface area contributed by atoms with E-state index in [0.29, 0.717) is 15.0 Å². The van der Waals surface area contributed by atoms with Gasteiger partial charge in [-0.1, -0.05) is 0 Å². The van der Waals surface area contributed by atoms with Crippen molar-refractivity contribution in [1.82, 2.24) is 0 Å². The molecule has 0 spiro atoms. The van der Waals surface area contributed by atoms with Crippen molar-refractivity contribution >= 4 is 20.5 Å². The molecule has 2 rings (SSSR count). The first-order chi connectivity index (χ1) is 5.97. The average molecular weight is 221 g/mol. The summed E-state index contributed by atoms with van der Waals surface area (Å²) in [4.78, 5) is 2.28. The van der Waals surface area contributed by atoms with E-state index in [2.05, 4.69) is 47.5 Å². The van der Waals surface area contributed by atoms with Gasteiger partial charge in [-0.3, -0.25) is 0 Å². The van der Waals surface area contributed by atoms with Crippen molar-refractivity contribution in [1.29, 1.82) is 0 Å². The normalized spacial score (nSPS) is 15.8. The van der Waals surface area contributed by atoms with E-state index in [1.165, 1.54) is 16.5 Å². The summed E-state index contributed by atoms with van der Waals surface area (Å²) in [7, 11) is 0. The van der Waals surface area contributed by atoms with Gasteiger partial charge >= 0.3 is 78.9 Å². The summed E-state index contributed by atoms with van der Waals surface area (Å²) in [5.74, 6) is 0. The fraction of sp³-hybridized carbons (Fsp3) is 0.0909. The molecule has 0 aliphatic carbocycles. The molecule has 0 saturated carbocycles. The van der Waals surface area contributed by atoms with Gasteiger partial charge in [-0.15, -0.1) is 0 Å². The number of benzene rings is 1. The number of hydrogen-bond donors (Lipinski definition) is 0.